The Morgan fingerprint density at radius 1 is 1.05 bits per heavy atom. The molecule has 0 amide bonds. The van der Waals surface area contributed by atoms with Gasteiger partial charge < -0.3 is 0 Å². The molecule has 2 aromatic rings. The van der Waals surface area contributed by atoms with E-state index in [-0.39, 0.29) is 0 Å². The summed E-state index contributed by atoms with van der Waals surface area (Å²) in [5, 5.41) is 2.50. The van der Waals surface area contributed by atoms with E-state index in [1.165, 1.54) is 48.4 Å². The van der Waals surface area contributed by atoms with Gasteiger partial charge in [0.15, 0.2) is 0 Å². The van der Waals surface area contributed by atoms with E-state index in [4.69, 9.17) is 4.99 Å². The van der Waals surface area contributed by atoms with Crippen LogP contribution in [-0.2, 0) is 0 Å². The van der Waals surface area contributed by atoms with Gasteiger partial charge in [-0.25, -0.2) is 0 Å². The minimum Gasteiger partial charge on any atom is -0.289 e. The van der Waals surface area contributed by atoms with E-state index in [1.54, 1.807) is 0 Å². The quantitative estimate of drug-likeness (QED) is 0.469. The second-order valence-corrected chi connectivity index (χ2v) is 5.37. The second-order valence-electron chi connectivity index (χ2n) is 5.37. The van der Waals surface area contributed by atoms with Crippen molar-refractivity contribution in [1.82, 2.24) is 0 Å². The van der Waals surface area contributed by atoms with Crippen molar-refractivity contribution in [2.45, 2.75) is 46.0 Å². The zero-order chi connectivity index (χ0) is 14.2. The number of rotatable bonds is 7. The monoisotopic (exact) mass is 266 g/mol. The number of fused-ring (bicyclic) bond motifs is 1. The molecule has 0 aliphatic rings. The number of aliphatic imine (C=N–C) groups is 1. The average Bonchev–Trinajstić information content (AvgIpc) is 2.50. The summed E-state index contributed by atoms with van der Waals surface area (Å²) in [5.74, 6) is 0. The third kappa shape index (κ3) is 4.19. The van der Waals surface area contributed by atoms with Crippen molar-refractivity contribution in [3.05, 3.63) is 48.0 Å². The fourth-order valence-electron chi connectivity index (χ4n) is 2.40. The lowest BCUT2D eigenvalue weighted by molar-refractivity contribution is 0.638. The van der Waals surface area contributed by atoms with Crippen molar-refractivity contribution in [3.63, 3.8) is 0 Å². The summed E-state index contributed by atoms with van der Waals surface area (Å²) in [4.78, 5) is 4.71. The summed E-state index contributed by atoms with van der Waals surface area (Å²) >= 11 is 0. The van der Waals surface area contributed by atoms with E-state index < -0.39 is 0 Å². The van der Waals surface area contributed by atoms with Gasteiger partial charge in [-0.3, -0.25) is 4.99 Å². The highest BCUT2D eigenvalue weighted by Gasteiger charge is 1.99. The Morgan fingerprint density at radius 3 is 2.75 bits per heavy atom. The molecule has 0 bridgehead atoms. The van der Waals surface area contributed by atoms with E-state index in [9.17, 15) is 0 Å². The van der Waals surface area contributed by atoms with Crippen LogP contribution in [0.5, 0.6) is 0 Å². The van der Waals surface area contributed by atoms with Crippen LogP contribution in [0.3, 0.4) is 0 Å². The lowest BCUT2D eigenvalue weighted by atomic mass is 10.0. The van der Waals surface area contributed by atoms with Gasteiger partial charge in [-0.1, -0.05) is 56.9 Å². The predicted octanol–water partition coefficient (Wildman–Crippen LogP) is 5.42. The first-order valence-corrected chi connectivity index (χ1v) is 7.72. The number of benzene rings is 2. The minimum atomic E-state index is 0.955. The van der Waals surface area contributed by atoms with Gasteiger partial charge in [0.05, 0.1) is 0 Å². The third-order valence-corrected chi connectivity index (χ3v) is 3.71. The lowest BCUT2D eigenvalue weighted by Gasteiger charge is -2.04. The molecule has 1 radical (unpaired) electrons. The molecule has 105 valence electrons. The summed E-state index contributed by atoms with van der Waals surface area (Å²) in [6.07, 6.45) is 6.51. The molecule has 0 fully saturated rings. The van der Waals surface area contributed by atoms with E-state index in [2.05, 4.69) is 44.2 Å². The molecular weight excluding hydrogens is 242 g/mol. The van der Waals surface area contributed by atoms with Crippen LogP contribution < -0.4 is 0 Å². The summed E-state index contributed by atoms with van der Waals surface area (Å²) in [7, 11) is 0. The van der Waals surface area contributed by atoms with Crippen molar-refractivity contribution in [2.75, 3.05) is 6.54 Å². The molecule has 0 aromatic heterocycles. The number of unbranched alkanes of at least 4 members (excludes halogenated alkanes) is 4. The molecule has 0 aliphatic carbocycles. The SMILES string of the molecule is CCCCCCCN=C(C)c1ccc2c[c]ccc2c1. The van der Waals surface area contributed by atoms with Gasteiger partial charge in [0.1, 0.15) is 0 Å². The van der Waals surface area contributed by atoms with Gasteiger partial charge in [-0.15, -0.1) is 0 Å². The Labute approximate surface area is 122 Å². The van der Waals surface area contributed by atoms with Gasteiger partial charge in [-0.2, -0.15) is 0 Å². The Bertz CT molecular complexity index is 569. The molecule has 0 aliphatic heterocycles. The van der Waals surface area contributed by atoms with Gasteiger partial charge in [0, 0.05) is 12.3 Å². The van der Waals surface area contributed by atoms with Gasteiger partial charge in [0.2, 0.25) is 0 Å². The first kappa shape index (κ1) is 14.8. The molecule has 1 nitrogen and oxygen atoms in total. The average molecular weight is 266 g/mol. The maximum atomic E-state index is 4.71. The van der Waals surface area contributed by atoms with E-state index in [0.717, 1.165) is 12.3 Å². The molecule has 1 heteroatoms. The molecule has 0 heterocycles. The Balaban J connectivity index is 1.94. The predicted molar refractivity (Wildman–Crippen MR) is 88.6 cm³/mol. The molecule has 0 saturated heterocycles. The fourth-order valence-corrected chi connectivity index (χ4v) is 2.40. The summed E-state index contributed by atoms with van der Waals surface area (Å²) < 4.78 is 0. The van der Waals surface area contributed by atoms with Gasteiger partial charge in [0.25, 0.3) is 0 Å². The van der Waals surface area contributed by atoms with Crippen molar-refractivity contribution < 1.29 is 0 Å². The highest BCUT2D eigenvalue weighted by molar-refractivity contribution is 6.01. The van der Waals surface area contributed by atoms with Gasteiger partial charge >= 0.3 is 0 Å². The topological polar surface area (TPSA) is 12.4 Å². The smallest absolute Gasteiger partial charge is 0.0392 e. The molecule has 0 saturated carbocycles. The maximum Gasteiger partial charge on any atom is 0.0392 e. The van der Waals surface area contributed by atoms with Crippen LogP contribution in [-0.4, -0.2) is 12.3 Å². The first-order chi connectivity index (χ1) is 9.81. The van der Waals surface area contributed by atoms with Crippen LogP contribution in [0.15, 0.2) is 41.4 Å². The van der Waals surface area contributed by atoms with Crippen molar-refractivity contribution in [1.29, 1.82) is 0 Å². The maximum absolute atomic E-state index is 4.71. The van der Waals surface area contributed by atoms with Crippen molar-refractivity contribution in [3.8, 4) is 0 Å². The van der Waals surface area contributed by atoms with Crippen molar-refractivity contribution in [2.24, 2.45) is 4.99 Å². The Hall–Kier alpha value is -1.63. The minimum absolute atomic E-state index is 0.955. The molecule has 0 atom stereocenters. The van der Waals surface area contributed by atoms with Crippen LogP contribution in [0.2, 0.25) is 0 Å². The van der Waals surface area contributed by atoms with E-state index >= 15 is 0 Å². The second kappa shape index (κ2) is 7.84. The number of hydrogen-bond acceptors (Lipinski definition) is 1. The van der Waals surface area contributed by atoms with Crippen LogP contribution in [0.4, 0.5) is 0 Å². The summed E-state index contributed by atoms with van der Waals surface area (Å²) in [5.41, 5.74) is 2.38. The third-order valence-electron chi connectivity index (χ3n) is 3.71. The molecule has 2 rings (SSSR count). The molecule has 0 unspecified atom stereocenters. The van der Waals surface area contributed by atoms with Crippen LogP contribution in [0, 0.1) is 6.07 Å². The van der Waals surface area contributed by atoms with Crippen LogP contribution in [0.1, 0.15) is 51.5 Å². The molecular formula is C19H24N. The fraction of sp³-hybridized carbons (Fsp3) is 0.421. The van der Waals surface area contributed by atoms with Gasteiger partial charge in [-0.05, 0) is 47.9 Å². The van der Waals surface area contributed by atoms with E-state index in [0.29, 0.717) is 0 Å². The van der Waals surface area contributed by atoms with Crippen LogP contribution in [0.25, 0.3) is 10.8 Å². The van der Waals surface area contributed by atoms with E-state index in [1.807, 2.05) is 12.1 Å². The first-order valence-electron chi connectivity index (χ1n) is 7.72. The Kier molecular flexibility index (Phi) is 5.79. The lowest BCUT2D eigenvalue weighted by Crippen LogP contribution is -1.96. The molecule has 0 spiro atoms. The molecule has 2 aromatic carbocycles. The zero-order valence-corrected chi connectivity index (χ0v) is 12.7. The number of hydrogen-bond donors (Lipinski definition) is 0. The molecule has 20 heavy (non-hydrogen) atoms. The summed E-state index contributed by atoms with van der Waals surface area (Å²) in [6, 6.07) is 15.7. The Morgan fingerprint density at radius 2 is 1.90 bits per heavy atom. The standard InChI is InChI=1S/C19H24N/c1-3-4-5-6-9-14-20-16(2)18-13-12-17-10-7-8-11-19(17)15-18/h8,10-13,15H,3-6,9,14H2,1-2H3. The number of nitrogens with zero attached hydrogens (tertiary/aromatic N) is 1. The summed E-state index contributed by atoms with van der Waals surface area (Å²) in [6.45, 7) is 5.32. The normalized spacial score (nSPS) is 12.0. The highest BCUT2D eigenvalue weighted by Crippen LogP contribution is 2.16. The van der Waals surface area contributed by atoms with Crippen LogP contribution >= 0.6 is 0 Å². The highest BCUT2D eigenvalue weighted by atomic mass is 14.7. The van der Waals surface area contributed by atoms with Crippen molar-refractivity contribution >= 4 is 16.5 Å². The molecule has 0 N–H and O–H groups in total. The largest absolute Gasteiger partial charge is 0.289 e. The zero-order valence-electron chi connectivity index (χ0n) is 12.7.